The Morgan fingerprint density at radius 3 is 1.37 bits per heavy atom. The molecule has 0 radical (unpaired) electrons. The van der Waals surface area contributed by atoms with E-state index >= 15 is 0 Å². The first kappa shape index (κ1) is 51.1. The van der Waals surface area contributed by atoms with Crippen LogP contribution >= 0.6 is 0 Å². The molecule has 2 unspecified atom stereocenters. The summed E-state index contributed by atoms with van der Waals surface area (Å²) in [4.78, 5) is 5.14. The molecule has 2 atom stereocenters. The van der Waals surface area contributed by atoms with Crippen LogP contribution in [0, 0.1) is 11.8 Å². The Hall–Kier alpha value is -10.8. The topological polar surface area (TPSA) is 6.48 Å². The van der Waals surface area contributed by atoms with Crippen molar-refractivity contribution < 1.29 is 0 Å². The second kappa shape index (κ2) is 19.1. The molecule has 0 fully saturated rings. The molecule has 10 aromatic rings. The van der Waals surface area contributed by atoms with Crippen molar-refractivity contribution in [1.29, 1.82) is 0 Å². The lowest BCUT2D eigenvalue weighted by Crippen LogP contribution is -2.27. The molecular formula is C89H62N2. The van der Waals surface area contributed by atoms with Crippen LogP contribution in [-0.4, -0.2) is 0 Å². The van der Waals surface area contributed by atoms with Crippen LogP contribution in [0.15, 0.2) is 301 Å². The van der Waals surface area contributed by atoms with Gasteiger partial charge >= 0.3 is 0 Å². The van der Waals surface area contributed by atoms with E-state index in [4.69, 9.17) is 0 Å². The highest BCUT2D eigenvalue weighted by atomic mass is 15.2. The summed E-state index contributed by atoms with van der Waals surface area (Å²) >= 11 is 0. The van der Waals surface area contributed by atoms with Crippen molar-refractivity contribution in [3.8, 4) is 44.5 Å². The van der Waals surface area contributed by atoms with Gasteiger partial charge in [0.1, 0.15) is 0 Å². The first-order chi connectivity index (χ1) is 45.0. The van der Waals surface area contributed by atoms with Crippen LogP contribution in [0.1, 0.15) is 97.7 Å². The maximum atomic E-state index is 2.60. The van der Waals surface area contributed by atoms with Gasteiger partial charge in [0.05, 0.1) is 16.5 Å². The second-order valence-corrected chi connectivity index (χ2v) is 26.5. The van der Waals surface area contributed by atoms with Crippen molar-refractivity contribution >= 4 is 47.1 Å². The number of allylic oxidation sites excluding steroid dienone is 13. The number of fused-ring (bicyclic) bond motifs is 24. The summed E-state index contributed by atoms with van der Waals surface area (Å²) in [5, 5.41) is 0. The Morgan fingerprint density at radius 1 is 0.396 bits per heavy atom. The van der Waals surface area contributed by atoms with E-state index in [1.807, 2.05) is 0 Å². The van der Waals surface area contributed by atoms with Crippen molar-refractivity contribution in [1.82, 2.24) is 0 Å². The number of benzene rings is 10. The summed E-state index contributed by atoms with van der Waals surface area (Å²) < 4.78 is 0. The lowest BCUT2D eigenvalue weighted by atomic mass is 9.70. The van der Waals surface area contributed by atoms with Crippen LogP contribution in [0.25, 0.3) is 68.8 Å². The third-order valence-electron chi connectivity index (χ3n) is 21.9. The first-order valence-corrected chi connectivity index (χ1v) is 32.8. The standard InChI is InChI=1S/C89H62N2/c1-55-30-35-60-38-47-85(86(55)60)90(65-39-36-58-16-2-4-18-61(58)51-65)67-41-45-75-73-43-33-56(48-81(73)88(83(75)53-67)77-26-12-8-22-69(77)70-23-9-13-27-78(70)88)31-32-57-34-44-74-76-46-42-68(54-84(76)89(82(74)49-57)79-28-14-10-24-71(79)72-25-11-15-29-80(72)89)91(87-63-20-6-7-21-64(87)50-63)66-40-37-59-17-3-5-19-62(59)52-66/h2-3,6-17,20-55,86H,4-5,18-19H2,1H3/b32-31+. The molecule has 2 heteroatoms. The zero-order valence-corrected chi connectivity index (χ0v) is 50.7. The summed E-state index contributed by atoms with van der Waals surface area (Å²) in [7, 11) is 0. The monoisotopic (exact) mass is 1160 g/mol. The normalized spacial score (nSPS) is 18.7. The third kappa shape index (κ3) is 7.03. The highest BCUT2D eigenvalue weighted by Crippen LogP contribution is 2.66. The van der Waals surface area contributed by atoms with Gasteiger partial charge in [0.2, 0.25) is 0 Å². The molecule has 2 spiro atoms. The summed E-state index contributed by atoms with van der Waals surface area (Å²) in [6, 6.07) is 80.5. The highest BCUT2D eigenvalue weighted by Gasteiger charge is 2.54. The van der Waals surface area contributed by atoms with E-state index < -0.39 is 10.8 Å². The molecule has 10 aliphatic carbocycles. The molecule has 91 heavy (non-hydrogen) atoms. The van der Waals surface area contributed by atoms with Crippen molar-refractivity contribution in [2.24, 2.45) is 11.8 Å². The van der Waals surface area contributed by atoms with Crippen molar-refractivity contribution in [2.45, 2.75) is 43.4 Å². The fourth-order valence-electron chi connectivity index (χ4n) is 18.0. The number of aryl methyl sites for hydroxylation is 2. The molecule has 20 rings (SSSR count). The molecular weight excluding hydrogens is 1100 g/mol. The lowest BCUT2D eigenvalue weighted by Gasteiger charge is -2.36. The minimum atomic E-state index is -0.548. The molecule has 2 nitrogen and oxygen atoms in total. The largest absolute Gasteiger partial charge is 0.314 e. The Balaban J connectivity index is 0.731. The molecule has 10 aromatic carbocycles. The second-order valence-electron chi connectivity index (χ2n) is 26.5. The van der Waals surface area contributed by atoms with E-state index in [1.165, 1.54) is 173 Å². The maximum absolute atomic E-state index is 2.60. The molecule has 0 aliphatic heterocycles. The van der Waals surface area contributed by atoms with Crippen LogP contribution in [0.2, 0.25) is 0 Å². The number of rotatable bonds is 8. The molecule has 0 saturated heterocycles. The Bertz CT molecular complexity index is 5190. The van der Waals surface area contributed by atoms with Gasteiger partial charge in [-0.3, -0.25) is 0 Å². The zero-order chi connectivity index (χ0) is 59.7. The Morgan fingerprint density at radius 2 is 0.835 bits per heavy atom. The van der Waals surface area contributed by atoms with Gasteiger partial charge < -0.3 is 9.80 Å². The lowest BCUT2D eigenvalue weighted by molar-refractivity contribution is 0.588. The molecule has 2 bridgehead atoms. The van der Waals surface area contributed by atoms with Crippen LogP contribution in [0.4, 0.5) is 22.7 Å². The summed E-state index contributed by atoms with van der Waals surface area (Å²) in [5.74, 6) is 0.705. The fourth-order valence-corrected chi connectivity index (χ4v) is 18.0. The van der Waals surface area contributed by atoms with Gasteiger partial charge in [-0.05, 0) is 244 Å². The van der Waals surface area contributed by atoms with E-state index in [0.29, 0.717) is 11.8 Å². The third-order valence-corrected chi connectivity index (χ3v) is 21.9. The summed E-state index contributed by atoms with van der Waals surface area (Å²) in [6.45, 7) is 2.38. The van der Waals surface area contributed by atoms with E-state index in [9.17, 15) is 0 Å². The van der Waals surface area contributed by atoms with Gasteiger partial charge in [-0.2, -0.15) is 0 Å². The van der Waals surface area contributed by atoms with Crippen LogP contribution in [0.5, 0.6) is 0 Å². The van der Waals surface area contributed by atoms with E-state index in [2.05, 4.69) is 314 Å². The summed E-state index contributed by atoms with van der Waals surface area (Å²) in [5.41, 5.74) is 39.2. The molecule has 0 amide bonds. The fraction of sp³-hybridized carbons (Fsp3) is 0.101. The Kier molecular flexibility index (Phi) is 10.7. The van der Waals surface area contributed by atoms with Gasteiger partial charge in [0, 0.05) is 34.4 Å². The number of nitrogens with zero attached hydrogens (tertiary/aromatic N) is 2. The predicted octanol–water partition coefficient (Wildman–Crippen LogP) is 21.7. The number of anilines is 4. The van der Waals surface area contributed by atoms with E-state index in [0.717, 1.165) is 25.7 Å². The van der Waals surface area contributed by atoms with E-state index in [-0.39, 0.29) is 0 Å². The average Bonchev–Trinajstić information content (AvgIpc) is 1.52. The molecule has 0 N–H and O–H groups in total. The predicted molar refractivity (Wildman–Crippen MR) is 378 cm³/mol. The van der Waals surface area contributed by atoms with Gasteiger partial charge in [0.25, 0.3) is 0 Å². The quantitative estimate of drug-likeness (QED) is 0.140. The van der Waals surface area contributed by atoms with Crippen LogP contribution < -0.4 is 9.80 Å². The van der Waals surface area contributed by atoms with Gasteiger partial charge in [-0.1, -0.05) is 232 Å². The van der Waals surface area contributed by atoms with E-state index in [1.54, 1.807) is 0 Å². The molecule has 0 saturated carbocycles. The molecule has 10 aliphatic rings. The minimum Gasteiger partial charge on any atom is -0.314 e. The Labute approximate surface area is 532 Å². The smallest absolute Gasteiger partial charge is 0.0726 e. The zero-order valence-electron chi connectivity index (χ0n) is 50.7. The van der Waals surface area contributed by atoms with Crippen molar-refractivity contribution in [3.05, 3.63) is 379 Å². The minimum absolute atomic E-state index is 0.301. The SMILES string of the molecule is CC1C=CC2=CC=C(N(c3ccc4c(c3)CCC=C4)c3ccc4c(c3)C3(c5ccccc5-c5ccccc53)c3cc(/C=C/c5ccc6c(c5)C5(c7ccccc7-c7ccccc75)c5cc(N(C7=C8C=CC=CC7=C8)c7ccc8c(c7)CCC=C8)ccc5-6)ccc3-4)C21. The van der Waals surface area contributed by atoms with Gasteiger partial charge in [0.15, 0.2) is 0 Å². The summed E-state index contributed by atoms with van der Waals surface area (Å²) in [6.07, 6.45) is 38.9. The molecule has 428 valence electrons. The highest BCUT2D eigenvalue weighted by molar-refractivity contribution is 5.99. The maximum Gasteiger partial charge on any atom is 0.0726 e. The van der Waals surface area contributed by atoms with Crippen LogP contribution in [0.3, 0.4) is 0 Å². The number of hydrogen-bond donors (Lipinski definition) is 0. The molecule has 0 heterocycles. The average molecular weight is 1160 g/mol. The molecule has 0 aromatic heterocycles. The van der Waals surface area contributed by atoms with Gasteiger partial charge in [-0.25, -0.2) is 0 Å². The number of hydrogen-bond acceptors (Lipinski definition) is 2. The van der Waals surface area contributed by atoms with Crippen LogP contribution in [-0.2, 0) is 23.7 Å². The van der Waals surface area contributed by atoms with Gasteiger partial charge in [-0.15, -0.1) is 0 Å². The first-order valence-electron chi connectivity index (χ1n) is 32.8. The van der Waals surface area contributed by atoms with Crippen molar-refractivity contribution in [2.75, 3.05) is 9.80 Å². The van der Waals surface area contributed by atoms with Crippen molar-refractivity contribution in [3.63, 3.8) is 0 Å².